The summed E-state index contributed by atoms with van der Waals surface area (Å²) in [5.41, 5.74) is 1.50. The third-order valence-electron chi connectivity index (χ3n) is 2.89. The van der Waals surface area contributed by atoms with Crippen LogP contribution in [0.4, 0.5) is 0 Å². The molecule has 0 aliphatic heterocycles. The smallest absolute Gasteiger partial charge is 0.371 e. The van der Waals surface area contributed by atoms with Gasteiger partial charge in [-0.15, -0.1) is 0 Å². The number of rotatable bonds is 3. The van der Waals surface area contributed by atoms with Gasteiger partial charge in [-0.2, -0.15) is 5.26 Å². The number of imidazole rings is 1. The second kappa shape index (κ2) is 4.55. The summed E-state index contributed by atoms with van der Waals surface area (Å²) in [5.74, 6) is -0.440. The van der Waals surface area contributed by atoms with Crippen molar-refractivity contribution in [3.8, 4) is 12.0 Å². The molecule has 0 spiro atoms. The van der Waals surface area contributed by atoms with Crippen LogP contribution in [-0.4, -0.2) is 20.6 Å². The van der Waals surface area contributed by atoms with Gasteiger partial charge in [-0.3, -0.25) is 4.57 Å². The first-order valence-electron chi connectivity index (χ1n) is 5.87. The van der Waals surface area contributed by atoms with E-state index in [1.807, 2.05) is 30.3 Å². The number of aromatic carboxylic acids is 1. The standard InChI is InChI=1S/C14H9N3O3/c15-8-7-12-16-9-3-1-2-4-10(9)17(12)13-6-5-11(20-13)14(18)19/h1-6H,7H2,(H,18,19). The van der Waals surface area contributed by atoms with Crippen molar-refractivity contribution in [3.63, 3.8) is 0 Å². The maximum Gasteiger partial charge on any atom is 0.371 e. The van der Waals surface area contributed by atoms with E-state index in [1.165, 1.54) is 6.07 Å². The zero-order valence-electron chi connectivity index (χ0n) is 10.3. The number of benzene rings is 1. The van der Waals surface area contributed by atoms with Crippen molar-refractivity contribution in [3.05, 3.63) is 48.0 Å². The van der Waals surface area contributed by atoms with Crippen molar-refractivity contribution in [2.45, 2.75) is 6.42 Å². The summed E-state index contributed by atoms with van der Waals surface area (Å²) in [6.07, 6.45) is 0.109. The van der Waals surface area contributed by atoms with Gasteiger partial charge in [0.05, 0.1) is 23.5 Å². The number of fused-ring (bicyclic) bond motifs is 1. The number of hydrogen-bond acceptors (Lipinski definition) is 4. The largest absolute Gasteiger partial charge is 0.475 e. The fourth-order valence-corrected chi connectivity index (χ4v) is 2.07. The molecule has 0 fully saturated rings. The molecule has 0 saturated carbocycles. The van der Waals surface area contributed by atoms with Gasteiger partial charge in [-0.1, -0.05) is 12.1 Å². The van der Waals surface area contributed by atoms with E-state index >= 15 is 0 Å². The molecule has 0 aliphatic carbocycles. The summed E-state index contributed by atoms with van der Waals surface area (Å²) in [6.45, 7) is 0. The fourth-order valence-electron chi connectivity index (χ4n) is 2.07. The van der Waals surface area contributed by atoms with Gasteiger partial charge >= 0.3 is 5.97 Å². The third kappa shape index (κ3) is 1.82. The van der Waals surface area contributed by atoms with Crippen LogP contribution in [0.5, 0.6) is 0 Å². The molecule has 98 valence electrons. The molecule has 2 heterocycles. The highest BCUT2D eigenvalue weighted by atomic mass is 16.4. The van der Waals surface area contributed by atoms with Crippen LogP contribution >= 0.6 is 0 Å². The van der Waals surface area contributed by atoms with E-state index in [0.29, 0.717) is 11.7 Å². The van der Waals surface area contributed by atoms with Gasteiger partial charge in [0.25, 0.3) is 0 Å². The molecule has 0 aliphatic rings. The van der Waals surface area contributed by atoms with Crippen LogP contribution in [0.2, 0.25) is 0 Å². The molecule has 6 heteroatoms. The van der Waals surface area contributed by atoms with Crippen molar-refractivity contribution in [2.75, 3.05) is 0 Å². The van der Waals surface area contributed by atoms with Crippen molar-refractivity contribution < 1.29 is 14.3 Å². The summed E-state index contributed by atoms with van der Waals surface area (Å²) in [5, 5.41) is 17.8. The number of para-hydroxylation sites is 2. The van der Waals surface area contributed by atoms with E-state index in [9.17, 15) is 4.79 Å². The number of nitriles is 1. The minimum atomic E-state index is -1.14. The molecule has 2 aromatic heterocycles. The third-order valence-corrected chi connectivity index (χ3v) is 2.89. The van der Waals surface area contributed by atoms with E-state index in [1.54, 1.807) is 10.6 Å². The predicted molar refractivity (Wildman–Crippen MR) is 69.6 cm³/mol. The average Bonchev–Trinajstić information content (AvgIpc) is 3.02. The molecule has 0 bridgehead atoms. The van der Waals surface area contributed by atoms with Gasteiger partial charge in [0, 0.05) is 6.07 Å². The lowest BCUT2D eigenvalue weighted by atomic mass is 10.3. The van der Waals surface area contributed by atoms with Crippen molar-refractivity contribution in [1.82, 2.24) is 9.55 Å². The Morgan fingerprint density at radius 1 is 1.35 bits per heavy atom. The zero-order chi connectivity index (χ0) is 14.1. The van der Waals surface area contributed by atoms with Crippen LogP contribution < -0.4 is 0 Å². The molecular formula is C14H9N3O3. The first-order valence-corrected chi connectivity index (χ1v) is 5.87. The molecule has 6 nitrogen and oxygen atoms in total. The highest BCUT2D eigenvalue weighted by Gasteiger charge is 2.16. The number of hydrogen-bond donors (Lipinski definition) is 1. The predicted octanol–water partition coefficient (Wildman–Crippen LogP) is 2.38. The number of aromatic nitrogens is 2. The molecule has 20 heavy (non-hydrogen) atoms. The minimum absolute atomic E-state index is 0.109. The summed E-state index contributed by atoms with van der Waals surface area (Å²) < 4.78 is 6.96. The van der Waals surface area contributed by atoms with Crippen LogP contribution in [0.1, 0.15) is 16.4 Å². The lowest BCUT2D eigenvalue weighted by molar-refractivity contribution is 0.0662. The van der Waals surface area contributed by atoms with Crippen molar-refractivity contribution in [1.29, 1.82) is 5.26 Å². The van der Waals surface area contributed by atoms with E-state index in [4.69, 9.17) is 14.8 Å². The molecular weight excluding hydrogens is 258 g/mol. The van der Waals surface area contributed by atoms with E-state index in [-0.39, 0.29) is 12.2 Å². The topological polar surface area (TPSA) is 92.0 Å². The van der Waals surface area contributed by atoms with E-state index in [0.717, 1.165) is 11.0 Å². The van der Waals surface area contributed by atoms with Gasteiger partial charge in [-0.05, 0) is 18.2 Å². The molecule has 1 N–H and O–H groups in total. The maximum atomic E-state index is 10.9. The summed E-state index contributed by atoms with van der Waals surface area (Å²) >= 11 is 0. The summed E-state index contributed by atoms with van der Waals surface area (Å²) in [4.78, 5) is 15.3. The van der Waals surface area contributed by atoms with Gasteiger partial charge < -0.3 is 9.52 Å². The van der Waals surface area contributed by atoms with Crippen LogP contribution in [0.25, 0.3) is 16.9 Å². The van der Waals surface area contributed by atoms with Gasteiger partial charge in [-0.25, -0.2) is 9.78 Å². The monoisotopic (exact) mass is 267 g/mol. The van der Waals surface area contributed by atoms with Gasteiger partial charge in [0.15, 0.2) is 0 Å². The number of nitrogens with zero attached hydrogens (tertiary/aromatic N) is 3. The molecule has 0 amide bonds. The highest BCUT2D eigenvalue weighted by molar-refractivity contribution is 5.85. The van der Waals surface area contributed by atoms with Crippen LogP contribution in [-0.2, 0) is 6.42 Å². The molecule has 3 aromatic rings. The van der Waals surface area contributed by atoms with Crippen LogP contribution in [0.15, 0.2) is 40.8 Å². The Morgan fingerprint density at radius 3 is 2.85 bits per heavy atom. The Kier molecular flexibility index (Phi) is 2.73. The molecule has 0 radical (unpaired) electrons. The second-order valence-electron chi connectivity index (χ2n) is 4.13. The number of carboxylic acids is 1. The molecule has 1 aromatic carbocycles. The number of carboxylic acid groups (broad SMARTS) is 1. The summed E-state index contributed by atoms with van der Waals surface area (Å²) in [7, 11) is 0. The SMILES string of the molecule is N#CCc1nc2ccccc2n1-c1ccc(C(=O)O)o1. The molecule has 0 saturated heterocycles. The molecule has 0 unspecified atom stereocenters. The van der Waals surface area contributed by atoms with E-state index in [2.05, 4.69) is 4.98 Å². The Hall–Kier alpha value is -3.07. The Bertz CT molecular complexity index is 839. The lowest BCUT2D eigenvalue weighted by Gasteiger charge is -2.02. The number of furan rings is 1. The minimum Gasteiger partial charge on any atom is -0.475 e. The fraction of sp³-hybridized carbons (Fsp3) is 0.0714. The summed E-state index contributed by atoms with van der Waals surface area (Å²) in [6, 6.07) is 12.3. The number of carbonyl (C=O) groups is 1. The Labute approximate surface area is 113 Å². The normalized spacial score (nSPS) is 10.6. The van der Waals surface area contributed by atoms with Crippen molar-refractivity contribution in [2.24, 2.45) is 0 Å². The van der Waals surface area contributed by atoms with Gasteiger partial charge in [0.1, 0.15) is 5.82 Å². The molecule has 0 atom stereocenters. The first kappa shape index (κ1) is 12.0. The van der Waals surface area contributed by atoms with E-state index < -0.39 is 5.97 Å². The highest BCUT2D eigenvalue weighted by Crippen LogP contribution is 2.23. The Morgan fingerprint density at radius 2 is 2.15 bits per heavy atom. The maximum absolute atomic E-state index is 10.9. The van der Waals surface area contributed by atoms with Crippen LogP contribution in [0.3, 0.4) is 0 Å². The molecule has 3 rings (SSSR count). The second-order valence-corrected chi connectivity index (χ2v) is 4.13. The van der Waals surface area contributed by atoms with Gasteiger partial charge in [0.2, 0.25) is 11.6 Å². The lowest BCUT2D eigenvalue weighted by Crippen LogP contribution is -1.99. The van der Waals surface area contributed by atoms with Crippen LogP contribution in [0, 0.1) is 11.3 Å². The Balaban J connectivity index is 2.24. The van der Waals surface area contributed by atoms with Crippen molar-refractivity contribution >= 4 is 17.0 Å². The first-order chi connectivity index (χ1) is 9.70. The quantitative estimate of drug-likeness (QED) is 0.786. The zero-order valence-corrected chi connectivity index (χ0v) is 10.3. The average molecular weight is 267 g/mol.